The van der Waals surface area contributed by atoms with Gasteiger partial charge in [0.25, 0.3) is 7.82 Å². The van der Waals surface area contributed by atoms with E-state index in [2.05, 4.69) is 19.5 Å². The molecule has 1 aromatic rings. The van der Waals surface area contributed by atoms with Crippen LogP contribution in [0.15, 0.2) is 22.2 Å². The van der Waals surface area contributed by atoms with Crippen molar-refractivity contribution in [3.8, 4) is 0 Å². The number of ketones is 1. The predicted molar refractivity (Wildman–Crippen MR) is 174 cm³/mol. The third kappa shape index (κ3) is 19.9. The van der Waals surface area contributed by atoms with Gasteiger partial charge in [-0.15, -0.1) is 0 Å². The highest BCUT2D eigenvalue weighted by atomic mass is 31.2. The number of aromatic nitrogens is 2. The molecule has 1 aliphatic rings. The van der Waals surface area contributed by atoms with Crippen molar-refractivity contribution in [3.05, 3.63) is 33.2 Å². The molecule has 24 heteroatoms. The van der Waals surface area contributed by atoms with E-state index in [0.29, 0.717) is 85.0 Å². The normalized spacial score (nSPS) is 21.2. The number of carbonyl (C=O) groups excluding carboxylic acids is 1. The van der Waals surface area contributed by atoms with E-state index in [0.717, 1.165) is 23.6 Å². The maximum Gasteiger partial charge on any atom is 0.472 e. The number of nitrogens with zero attached hydrogens (tertiary/aromatic N) is 5. The van der Waals surface area contributed by atoms with E-state index in [4.69, 9.17) is 48.9 Å². The Bertz CT molecular complexity index is 1360. The number of aliphatic hydroxyl groups is 1. The van der Waals surface area contributed by atoms with Crippen LogP contribution in [0.3, 0.4) is 0 Å². The number of unbranched alkanes of at least 4 members (excludes halogenated alkanes) is 4. The van der Waals surface area contributed by atoms with Crippen molar-refractivity contribution in [2.75, 3.05) is 78.3 Å². The van der Waals surface area contributed by atoms with Gasteiger partial charge in [0.1, 0.15) is 29.9 Å². The number of phosphoric ester groups is 2. The molecule has 22 nitrogen and oxygen atoms in total. The van der Waals surface area contributed by atoms with Crippen LogP contribution in [0.1, 0.15) is 51.2 Å². The van der Waals surface area contributed by atoms with Crippen molar-refractivity contribution in [3.63, 3.8) is 0 Å². The van der Waals surface area contributed by atoms with Crippen molar-refractivity contribution in [2.45, 2.75) is 69.5 Å². The number of azide groups is 1. The molecular weight excluding hydrogens is 726 g/mol. The molecule has 51 heavy (non-hydrogen) atoms. The van der Waals surface area contributed by atoms with E-state index < -0.39 is 52.5 Å². The first-order valence-electron chi connectivity index (χ1n) is 16.2. The van der Waals surface area contributed by atoms with Gasteiger partial charge in [0.2, 0.25) is 0 Å². The van der Waals surface area contributed by atoms with Gasteiger partial charge in [-0.05, 0) is 24.4 Å². The number of anilines is 1. The topological polar surface area (TPSA) is 318 Å². The van der Waals surface area contributed by atoms with Gasteiger partial charge in [0, 0.05) is 30.5 Å². The van der Waals surface area contributed by atoms with Crippen LogP contribution < -0.4 is 16.3 Å². The van der Waals surface area contributed by atoms with Crippen LogP contribution in [0.25, 0.3) is 10.4 Å². The van der Waals surface area contributed by atoms with Crippen LogP contribution in [0, 0.1) is 0 Å². The van der Waals surface area contributed by atoms with Gasteiger partial charge in [0.15, 0.2) is 6.23 Å². The molecule has 0 aromatic carbocycles. The first kappa shape index (κ1) is 44.8. The van der Waals surface area contributed by atoms with E-state index in [1.807, 2.05) is 0 Å². The molecule has 0 amide bonds. The second kappa shape index (κ2) is 24.8. The molecule has 1 saturated heterocycles. The lowest BCUT2D eigenvalue weighted by atomic mass is 10.1. The van der Waals surface area contributed by atoms with Gasteiger partial charge in [-0.1, -0.05) is 24.4 Å². The number of hydrogen-bond donors (Lipinski definition) is 4. The molecule has 0 saturated carbocycles. The zero-order chi connectivity index (χ0) is 37.5. The third-order valence-corrected chi connectivity index (χ3v) is 8.48. The zero-order valence-electron chi connectivity index (χ0n) is 28.0. The van der Waals surface area contributed by atoms with Crippen LogP contribution in [-0.2, 0) is 51.2 Å². The number of carbonyl (C=O) groups is 1. The SMILES string of the molecule is [N-]=[N+]=NCCOCCOCCOCCOCCC(=O)CCCCCCCOP(=O)(O)OC1[C@@H](COP(=O)([O-])O)O[C@@H](n2ccc(N)nc2=O)[C@H]1O. The van der Waals surface area contributed by atoms with Crippen molar-refractivity contribution in [1.29, 1.82) is 0 Å². The Hall–Kier alpha value is -2.36. The highest BCUT2D eigenvalue weighted by molar-refractivity contribution is 7.47. The highest BCUT2D eigenvalue weighted by Crippen LogP contribution is 2.49. The number of nitrogens with two attached hydrogens (primary N) is 1. The summed E-state index contributed by atoms with van der Waals surface area (Å²) < 4.78 is 65.8. The second-order valence-corrected chi connectivity index (χ2v) is 13.5. The van der Waals surface area contributed by atoms with Gasteiger partial charge in [-0.25, -0.2) is 9.36 Å². The van der Waals surface area contributed by atoms with E-state index >= 15 is 0 Å². The Morgan fingerprint density at radius 2 is 1.57 bits per heavy atom. The molecule has 5 N–H and O–H groups in total. The minimum atomic E-state index is -5.25. The van der Waals surface area contributed by atoms with Crippen LogP contribution in [0.4, 0.5) is 5.82 Å². The Balaban J connectivity index is 1.54. The Kier molecular flexibility index (Phi) is 21.8. The average Bonchev–Trinajstić information content (AvgIpc) is 3.36. The monoisotopic (exact) mass is 773 g/mol. The van der Waals surface area contributed by atoms with Crippen molar-refractivity contribution in [2.24, 2.45) is 5.11 Å². The number of rotatable bonds is 30. The lowest BCUT2D eigenvalue weighted by Crippen LogP contribution is -2.38. The molecule has 6 atom stereocenters. The summed E-state index contributed by atoms with van der Waals surface area (Å²) in [6, 6.07) is 1.23. The maximum absolute atomic E-state index is 12.6. The van der Waals surface area contributed by atoms with Crippen LogP contribution >= 0.6 is 15.6 Å². The summed E-state index contributed by atoms with van der Waals surface area (Å²) in [5, 5.41) is 14.1. The van der Waals surface area contributed by atoms with Crippen LogP contribution in [0.2, 0.25) is 0 Å². The molecule has 0 spiro atoms. The number of Topliss-reactive ketones (excluding diaryl/α,β-unsaturated/α-hetero) is 1. The molecule has 0 aliphatic carbocycles. The fourth-order valence-corrected chi connectivity index (χ4v) is 5.87. The van der Waals surface area contributed by atoms with Gasteiger partial charge < -0.3 is 53.7 Å². The van der Waals surface area contributed by atoms with Crippen LogP contribution in [-0.4, -0.2) is 121 Å². The minimum Gasteiger partial charge on any atom is -0.756 e. The lowest BCUT2D eigenvalue weighted by molar-refractivity contribution is -0.222. The van der Waals surface area contributed by atoms with Gasteiger partial charge in [-0.2, -0.15) is 4.98 Å². The molecular formula is C27H47N6O16P2-. The number of aliphatic hydroxyl groups excluding tert-OH is 1. The highest BCUT2D eigenvalue weighted by Gasteiger charge is 2.49. The van der Waals surface area contributed by atoms with Gasteiger partial charge in [-0.3, -0.25) is 23.0 Å². The molecule has 2 heterocycles. The minimum absolute atomic E-state index is 0.0753. The average molecular weight is 774 g/mol. The number of phosphoric acid groups is 2. The summed E-state index contributed by atoms with van der Waals surface area (Å²) in [6.45, 7) is 2.13. The Morgan fingerprint density at radius 3 is 2.20 bits per heavy atom. The van der Waals surface area contributed by atoms with E-state index in [-0.39, 0.29) is 24.8 Å². The maximum atomic E-state index is 12.6. The van der Waals surface area contributed by atoms with E-state index in [1.165, 1.54) is 6.07 Å². The first-order valence-corrected chi connectivity index (χ1v) is 19.2. The van der Waals surface area contributed by atoms with Crippen molar-refractivity contribution < 1.29 is 71.0 Å². The third-order valence-electron chi connectivity index (χ3n) is 6.99. The predicted octanol–water partition coefficient (Wildman–Crippen LogP) is 0.740. The molecule has 1 fully saturated rings. The summed E-state index contributed by atoms with van der Waals surface area (Å²) in [5.41, 5.74) is 12.7. The van der Waals surface area contributed by atoms with E-state index in [9.17, 15) is 33.6 Å². The summed E-state index contributed by atoms with van der Waals surface area (Å²) in [6.07, 6.45) is -1.62. The van der Waals surface area contributed by atoms with Gasteiger partial charge >= 0.3 is 13.5 Å². The summed E-state index contributed by atoms with van der Waals surface area (Å²) in [4.78, 5) is 60.8. The fraction of sp³-hybridized carbons (Fsp3) is 0.815. The zero-order valence-corrected chi connectivity index (χ0v) is 29.8. The van der Waals surface area contributed by atoms with Crippen molar-refractivity contribution in [1.82, 2.24) is 9.55 Å². The molecule has 292 valence electrons. The standard InChI is InChI=1S/C27H48N6O16P2/c28-23-7-10-33(27(36)31-23)26-24(35)25(22(48-26)20-47-50(37,38)39)49-51(40,41)46-11-5-3-1-2-4-6-21(34)8-12-42-14-16-44-18-19-45-17-15-43-13-9-30-32-29/h7,10,22,24-26,35H,1-6,8-9,11-20H2,(H,40,41)(H2,28,31,36)(H2,37,38,39)/p-1/t22-,24+,25?,26-/m1/s1. The fourth-order valence-electron chi connectivity index (χ4n) is 4.54. The molecule has 1 aliphatic heterocycles. The molecule has 3 unspecified atom stereocenters. The molecule has 0 bridgehead atoms. The molecule has 2 rings (SSSR count). The van der Waals surface area contributed by atoms with Crippen LogP contribution in [0.5, 0.6) is 0 Å². The number of nitrogen functional groups attached to an aromatic ring is 1. The summed E-state index contributed by atoms with van der Waals surface area (Å²) >= 11 is 0. The quantitative estimate of drug-likeness (QED) is 0.0275. The molecule has 0 radical (unpaired) electrons. The Morgan fingerprint density at radius 1 is 0.961 bits per heavy atom. The number of ether oxygens (including phenoxy) is 5. The number of hydrogen-bond acceptors (Lipinski definition) is 17. The Labute approximate surface area is 293 Å². The first-order chi connectivity index (χ1) is 24.3. The lowest BCUT2D eigenvalue weighted by Gasteiger charge is -2.24. The van der Waals surface area contributed by atoms with Gasteiger partial charge in [0.05, 0.1) is 66.1 Å². The summed E-state index contributed by atoms with van der Waals surface area (Å²) in [7, 11) is -10.1. The van der Waals surface area contributed by atoms with Crippen molar-refractivity contribution >= 4 is 27.2 Å². The smallest absolute Gasteiger partial charge is 0.472 e. The van der Waals surface area contributed by atoms with E-state index in [1.54, 1.807) is 0 Å². The summed E-state index contributed by atoms with van der Waals surface area (Å²) in [5.74, 6) is -0.0443. The second-order valence-electron chi connectivity index (χ2n) is 10.9. The largest absolute Gasteiger partial charge is 0.756 e. The molecule has 1 aromatic heterocycles.